The highest BCUT2D eigenvalue weighted by Crippen LogP contribution is 2.47. The molecule has 82 valence electrons. The summed E-state index contributed by atoms with van der Waals surface area (Å²) in [6.07, 6.45) is -3.15. The maximum atomic E-state index is 12.5. The lowest BCUT2D eigenvalue weighted by molar-refractivity contribution is -0.202. The zero-order valence-corrected chi connectivity index (χ0v) is 8.44. The van der Waals surface area contributed by atoms with Gasteiger partial charge in [0.25, 0.3) is 0 Å². The van der Waals surface area contributed by atoms with Crippen LogP contribution in [0.25, 0.3) is 0 Å². The van der Waals surface area contributed by atoms with Crippen LogP contribution < -0.4 is 0 Å². The van der Waals surface area contributed by atoms with Crippen LogP contribution in [0.3, 0.4) is 0 Å². The van der Waals surface area contributed by atoms with Crippen LogP contribution in [-0.2, 0) is 0 Å². The molecule has 4 unspecified atom stereocenters. The van der Waals surface area contributed by atoms with Crippen molar-refractivity contribution >= 4 is 11.8 Å². The monoisotopic (exact) mass is 226 g/mol. The normalized spacial score (nSPS) is 43.7. The van der Waals surface area contributed by atoms with E-state index in [9.17, 15) is 18.3 Å². The van der Waals surface area contributed by atoms with Crippen molar-refractivity contribution in [3.05, 3.63) is 0 Å². The Balaban J connectivity index is 2.11. The Morgan fingerprint density at radius 1 is 1.07 bits per heavy atom. The molecule has 0 radical (unpaired) electrons. The molecule has 2 fully saturated rings. The van der Waals surface area contributed by atoms with Crippen molar-refractivity contribution in [1.82, 2.24) is 0 Å². The average molecular weight is 226 g/mol. The molecule has 2 rings (SSSR count). The van der Waals surface area contributed by atoms with Crippen molar-refractivity contribution in [2.45, 2.75) is 48.5 Å². The molecule has 0 aromatic carbocycles. The van der Waals surface area contributed by atoms with Crippen LogP contribution in [0.1, 0.15) is 25.7 Å². The molecule has 0 aromatic heterocycles. The number of halogens is 3. The Labute approximate surface area is 85.1 Å². The molecule has 0 aromatic rings. The highest BCUT2D eigenvalue weighted by atomic mass is 32.2. The molecule has 0 aliphatic carbocycles. The predicted molar refractivity (Wildman–Crippen MR) is 49.2 cm³/mol. The van der Waals surface area contributed by atoms with Gasteiger partial charge in [0.15, 0.2) is 0 Å². The molecule has 1 N–H and O–H groups in total. The van der Waals surface area contributed by atoms with Crippen LogP contribution in [0.5, 0.6) is 0 Å². The fourth-order valence-electron chi connectivity index (χ4n) is 2.35. The highest BCUT2D eigenvalue weighted by Gasteiger charge is 2.49. The van der Waals surface area contributed by atoms with Crippen LogP contribution in [0.2, 0.25) is 0 Å². The zero-order chi connectivity index (χ0) is 10.3. The molecule has 0 spiro atoms. The quantitative estimate of drug-likeness (QED) is 0.685. The third-order valence-corrected chi connectivity index (χ3v) is 4.73. The summed E-state index contributed by atoms with van der Waals surface area (Å²) in [6.45, 7) is 0. The summed E-state index contributed by atoms with van der Waals surface area (Å²) in [4.78, 5) is 0. The lowest BCUT2D eigenvalue weighted by Crippen LogP contribution is -2.36. The summed E-state index contributed by atoms with van der Waals surface area (Å²) < 4.78 is 37.6. The van der Waals surface area contributed by atoms with Gasteiger partial charge in [-0.15, -0.1) is 0 Å². The first-order chi connectivity index (χ1) is 6.47. The second-order valence-electron chi connectivity index (χ2n) is 4.14. The summed E-state index contributed by atoms with van der Waals surface area (Å²) in [7, 11) is 0. The summed E-state index contributed by atoms with van der Waals surface area (Å²) in [6, 6.07) is 0. The maximum Gasteiger partial charge on any atom is 0.394 e. The molecular weight excluding hydrogens is 213 g/mol. The molecule has 2 bridgehead atoms. The third kappa shape index (κ3) is 2.03. The molecule has 2 heterocycles. The first kappa shape index (κ1) is 10.6. The second-order valence-corrected chi connectivity index (χ2v) is 5.75. The number of aliphatic hydroxyl groups excluding tert-OH is 1. The van der Waals surface area contributed by atoms with Gasteiger partial charge in [0.1, 0.15) is 0 Å². The van der Waals surface area contributed by atoms with Crippen molar-refractivity contribution in [2.24, 2.45) is 5.92 Å². The molecule has 4 atom stereocenters. The maximum absolute atomic E-state index is 12.5. The molecule has 14 heavy (non-hydrogen) atoms. The summed E-state index contributed by atoms with van der Waals surface area (Å²) in [5.74, 6) is -1.50. The van der Waals surface area contributed by atoms with Gasteiger partial charge in [0, 0.05) is 10.5 Å². The molecule has 1 nitrogen and oxygen atoms in total. The Bertz CT molecular complexity index is 219. The fourth-order valence-corrected chi connectivity index (χ4v) is 4.07. The minimum atomic E-state index is -4.23. The number of thioether (sulfide) groups is 1. The van der Waals surface area contributed by atoms with E-state index in [0.717, 1.165) is 12.8 Å². The lowest BCUT2D eigenvalue weighted by atomic mass is 9.88. The van der Waals surface area contributed by atoms with Gasteiger partial charge in [-0.1, -0.05) is 0 Å². The third-order valence-electron chi connectivity index (χ3n) is 3.10. The molecule has 2 aliphatic rings. The average Bonchev–Trinajstić information content (AvgIpc) is 2.36. The number of hydrogen-bond donors (Lipinski definition) is 1. The molecular formula is C9H13F3OS. The number of aliphatic hydroxyl groups is 1. The number of fused-ring (bicyclic) bond motifs is 2. The Morgan fingerprint density at radius 2 is 1.64 bits per heavy atom. The standard InChI is InChI=1S/C9H13F3OS/c10-9(11,12)7-3-5-1-2-6(14-5)4-8(7)13/h5-8,13H,1-4H2. The van der Waals surface area contributed by atoms with Gasteiger partial charge in [-0.3, -0.25) is 0 Å². The predicted octanol–water partition coefficient (Wildman–Crippen LogP) is 2.58. The summed E-state index contributed by atoms with van der Waals surface area (Å²) >= 11 is 1.64. The lowest BCUT2D eigenvalue weighted by Gasteiger charge is -2.26. The van der Waals surface area contributed by atoms with E-state index in [4.69, 9.17) is 0 Å². The topological polar surface area (TPSA) is 20.2 Å². The Kier molecular flexibility index (Phi) is 2.72. The van der Waals surface area contributed by atoms with Gasteiger partial charge >= 0.3 is 6.18 Å². The number of alkyl halides is 3. The molecule has 2 saturated heterocycles. The van der Waals surface area contributed by atoms with E-state index < -0.39 is 18.2 Å². The van der Waals surface area contributed by atoms with E-state index in [1.165, 1.54) is 0 Å². The van der Waals surface area contributed by atoms with Crippen LogP contribution in [0.15, 0.2) is 0 Å². The van der Waals surface area contributed by atoms with Gasteiger partial charge < -0.3 is 5.11 Å². The first-order valence-corrected chi connectivity index (χ1v) is 5.81. The summed E-state index contributed by atoms with van der Waals surface area (Å²) in [5.41, 5.74) is 0. The Hall–Kier alpha value is 0.100. The van der Waals surface area contributed by atoms with E-state index in [-0.39, 0.29) is 16.9 Å². The Morgan fingerprint density at radius 3 is 2.21 bits per heavy atom. The van der Waals surface area contributed by atoms with E-state index in [1.54, 1.807) is 11.8 Å². The SMILES string of the molecule is OC1CC2CCC(CC1C(F)(F)F)S2. The van der Waals surface area contributed by atoms with Gasteiger partial charge in [-0.2, -0.15) is 24.9 Å². The van der Waals surface area contributed by atoms with Crippen molar-refractivity contribution in [1.29, 1.82) is 0 Å². The van der Waals surface area contributed by atoms with Gasteiger partial charge in [-0.05, 0) is 25.7 Å². The van der Waals surface area contributed by atoms with Gasteiger partial charge in [-0.25, -0.2) is 0 Å². The van der Waals surface area contributed by atoms with Crippen molar-refractivity contribution in [3.63, 3.8) is 0 Å². The van der Waals surface area contributed by atoms with Gasteiger partial charge in [0.05, 0.1) is 12.0 Å². The van der Waals surface area contributed by atoms with Crippen LogP contribution in [0, 0.1) is 5.92 Å². The minimum absolute atomic E-state index is 0.103. The molecule has 0 saturated carbocycles. The van der Waals surface area contributed by atoms with Gasteiger partial charge in [0.2, 0.25) is 0 Å². The van der Waals surface area contributed by atoms with Crippen molar-refractivity contribution < 1.29 is 18.3 Å². The molecule has 2 aliphatic heterocycles. The summed E-state index contributed by atoms with van der Waals surface area (Å²) in [5, 5.41) is 9.84. The van der Waals surface area contributed by atoms with E-state index >= 15 is 0 Å². The smallest absolute Gasteiger partial charge is 0.392 e. The van der Waals surface area contributed by atoms with Crippen LogP contribution >= 0.6 is 11.8 Å². The number of rotatable bonds is 0. The van der Waals surface area contributed by atoms with Crippen molar-refractivity contribution in [3.8, 4) is 0 Å². The first-order valence-electron chi connectivity index (χ1n) is 4.87. The second kappa shape index (κ2) is 3.59. The molecule has 5 heteroatoms. The highest BCUT2D eigenvalue weighted by molar-refractivity contribution is 8.00. The largest absolute Gasteiger partial charge is 0.394 e. The minimum Gasteiger partial charge on any atom is -0.392 e. The number of hydrogen-bond acceptors (Lipinski definition) is 2. The zero-order valence-electron chi connectivity index (χ0n) is 7.63. The van der Waals surface area contributed by atoms with E-state index in [2.05, 4.69) is 0 Å². The van der Waals surface area contributed by atoms with E-state index in [1.807, 2.05) is 0 Å². The van der Waals surface area contributed by atoms with E-state index in [0.29, 0.717) is 6.42 Å². The fraction of sp³-hybridized carbons (Fsp3) is 1.00. The molecule has 0 amide bonds. The van der Waals surface area contributed by atoms with Crippen LogP contribution in [0.4, 0.5) is 13.2 Å². The van der Waals surface area contributed by atoms with Crippen LogP contribution in [-0.4, -0.2) is 27.9 Å². The van der Waals surface area contributed by atoms with Crippen molar-refractivity contribution in [2.75, 3.05) is 0 Å².